The third kappa shape index (κ3) is 2.45. The first-order chi connectivity index (χ1) is 10.7. The minimum absolute atomic E-state index is 0.343. The van der Waals surface area contributed by atoms with E-state index < -0.39 is 0 Å². The second kappa shape index (κ2) is 5.74. The number of fused-ring (bicyclic) bond motifs is 1. The highest BCUT2D eigenvalue weighted by Crippen LogP contribution is 2.20. The van der Waals surface area contributed by atoms with Crippen LogP contribution in [0.5, 0.6) is 0 Å². The standard InChI is InChI=1S/C18H14N2O2/c1-22-18(21)14-6-7-17-13(10-14)8-9-20(17)12-16-5-3-2-4-15(16)11-19/h2-10H,12H2,1H3. The maximum absolute atomic E-state index is 11.6. The monoisotopic (exact) mass is 290 g/mol. The summed E-state index contributed by atoms with van der Waals surface area (Å²) in [6.07, 6.45) is 1.96. The molecule has 0 N–H and O–H groups in total. The molecule has 0 fully saturated rings. The van der Waals surface area contributed by atoms with E-state index in [-0.39, 0.29) is 5.97 Å². The van der Waals surface area contributed by atoms with Gasteiger partial charge in [-0.15, -0.1) is 0 Å². The van der Waals surface area contributed by atoms with Crippen molar-refractivity contribution in [1.82, 2.24) is 4.57 Å². The number of ether oxygens (including phenoxy) is 1. The molecule has 108 valence electrons. The zero-order valence-corrected chi connectivity index (χ0v) is 12.1. The highest BCUT2D eigenvalue weighted by atomic mass is 16.5. The molecule has 0 saturated carbocycles. The van der Waals surface area contributed by atoms with E-state index in [1.807, 2.05) is 48.7 Å². The van der Waals surface area contributed by atoms with Crippen LogP contribution in [0.15, 0.2) is 54.7 Å². The average molecular weight is 290 g/mol. The molecule has 4 heteroatoms. The van der Waals surface area contributed by atoms with E-state index in [0.29, 0.717) is 17.7 Å². The quantitative estimate of drug-likeness (QED) is 0.695. The van der Waals surface area contributed by atoms with Crippen LogP contribution in [-0.4, -0.2) is 17.6 Å². The summed E-state index contributed by atoms with van der Waals surface area (Å²) in [5.41, 5.74) is 3.20. The van der Waals surface area contributed by atoms with Gasteiger partial charge < -0.3 is 9.30 Å². The molecule has 22 heavy (non-hydrogen) atoms. The van der Waals surface area contributed by atoms with Crippen molar-refractivity contribution in [2.24, 2.45) is 0 Å². The molecular weight excluding hydrogens is 276 g/mol. The summed E-state index contributed by atoms with van der Waals surface area (Å²) in [5.74, 6) is -0.343. The number of hydrogen-bond acceptors (Lipinski definition) is 3. The first-order valence-electron chi connectivity index (χ1n) is 6.88. The molecule has 0 spiro atoms. The van der Waals surface area contributed by atoms with Crippen LogP contribution in [0.4, 0.5) is 0 Å². The largest absolute Gasteiger partial charge is 0.465 e. The Labute approximate surface area is 128 Å². The van der Waals surface area contributed by atoms with Crippen molar-refractivity contribution in [2.75, 3.05) is 7.11 Å². The Bertz CT molecular complexity index is 887. The van der Waals surface area contributed by atoms with Crippen molar-refractivity contribution in [1.29, 1.82) is 5.26 Å². The van der Waals surface area contributed by atoms with E-state index >= 15 is 0 Å². The summed E-state index contributed by atoms with van der Waals surface area (Å²) >= 11 is 0. The maximum Gasteiger partial charge on any atom is 0.337 e. The number of nitrogens with zero attached hydrogens (tertiary/aromatic N) is 2. The van der Waals surface area contributed by atoms with Crippen molar-refractivity contribution in [3.05, 3.63) is 71.4 Å². The Morgan fingerprint density at radius 3 is 2.82 bits per heavy atom. The number of benzene rings is 2. The van der Waals surface area contributed by atoms with Gasteiger partial charge in [-0.05, 0) is 35.9 Å². The number of rotatable bonds is 3. The molecule has 0 saturated heterocycles. The van der Waals surface area contributed by atoms with Gasteiger partial charge in [-0.1, -0.05) is 18.2 Å². The Hall–Kier alpha value is -3.06. The summed E-state index contributed by atoms with van der Waals surface area (Å²) in [6.45, 7) is 0.616. The summed E-state index contributed by atoms with van der Waals surface area (Å²) in [4.78, 5) is 11.6. The van der Waals surface area contributed by atoms with Gasteiger partial charge in [-0.3, -0.25) is 0 Å². The third-order valence-corrected chi connectivity index (χ3v) is 3.67. The van der Waals surface area contributed by atoms with Crippen LogP contribution in [-0.2, 0) is 11.3 Å². The molecule has 4 nitrogen and oxygen atoms in total. The zero-order valence-electron chi connectivity index (χ0n) is 12.1. The fourth-order valence-electron chi connectivity index (χ4n) is 2.53. The molecule has 0 bridgehead atoms. The van der Waals surface area contributed by atoms with E-state index in [1.54, 1.807) is 6.07 Å². The first kappa shape index (κ1) is 13.9. The number of carbonyl (C=O) groups excluding carboxylic acids is 1. The molecule has 1 heterocycles. The molecule has 2 aromatic carbocycles. The maximum atomic E-state index is 11.6. The van der Waals surface area contributed by atoms with Gasteiger partial charge in [0.15, 0.2) is 0 Å². The van der Waals surface area contributed by atoms with Crippen LogP contribution < -0.4 is 0 Å². The normalized spacial score (nSPS) is 10.4. The van der Waals surface area contributed by atoms with Crippen LogP contribution in [0, 0.1) is 11.3 Å². The van der Waals surface area contributed by atoms with Crippen LogP contribution >= 0.6 is 0 Å². The molecular formula is C18H14N2O2. The fourth-order valence-corrected chi connectivity index (χ4v) is 2.53. The van der Waals surface area contributed by atoms with Crippen molar-refractivity contribution < 1.29 is 9.53 Å². The Kier molecular flexibility index (Phi) is 3.63. The summed E-state index contributed by atoms with van der Waals surface area (Å²) in [6, 6.07) is 17.2. The van der Waals surface area contributed by atoms with Crippen molar-refractivity contribution in [3.63, 3.8) is 0 Å². The number of esters is 1. The molecule has 0 radical (unpaired) electrons. The summed E-state index contributed by atoms with van der Waals surface area (Å²) < 4.78 is 6.80. The highest BCUT2D eigenvalue weighted by molar-refractivity contribution is 5.94. The molecule has 0 aliphatic rings. The number of carbonyl (C=O) groups is 1. The van der Waals surface area contributed by atoms with E-state index in [0.717, 1.165) is 16.5 Å². The lowest BCUT2D eigenvalue weighted by atomic mass is 10.1. The molecule has 0 aliphatic carbocycles. The average Bonchev–Trinajstić information content (AvgIpc) is 2.97. The second-order valence-corrected chi connectivity index (χ2v) is 4.98. The minimum Gasteiger partial charge on any atom is -0.465 e. The van der Waals surface area contributed by atoms with Gasteiger partial charge in [0.25, 0.3) is 0 Å². The minimum atomic E-state index is -0.343. The molecule has 0 unspecified atom stereocenters. The number of nitriles is 1. The van der Waals surface area contributed by atoms with Crippen molar-refractivity contribution in [3.8, 4) is 6.07 Å². The van der Waals surface area contributed by atoms with Crippen molar-refractivity contribution >= 4 is 16.9 Å². The predicted molar refractivity (Wildman–Crippen MR) is 83.5 cm³/mol. The van der Waals surface area contributed by atoms with Gasteiger partial charge in [-0.2, -0.15) is 5.26 Å². The number of methoxy groups -OCH3 is 1. The van der Waals surface area contributed by atoms with E-state index in [1.165, 1.54) is 7.11 Å². The Morgan fingerprint density at radius 1 is 1.23 bits per heavy atom. The molecule has 0 aliphatic heterocycles. The summed E-state index contributed by atoms with van der Waals surface area (Å²) in [7, 11) is 1.37. The van der Waals surface area contributed by atoms with E-state index in [4.69, 9.17) is 4.74 Å². The molecule has 0 amide bonds. The van der Waals surface area contributed by atoms with Gasteiger partial charge in [0.05, 0.1) is 24.3 Å². The van der Waals surface area contributed by atoms with Crippen LogP contribution in [0.25, 0.3) is 10.9 Å². The summed E-state index contributed by atoms with van der Waals surface area (Å²) in [5, 5.41) is 10.1. The lowest BCUT2D eigenvalue weighted by Crippen LogP contribution is -2.02. The van der Waals surface area contributed by atoms with Gasteiger partial charge >= 0.3 is 5.97 Å². The Balaban J connectivity index is 1.99. The lowest BCUT2D eigenvalue weighted by molar-refractivity contribution is 0.0601. The van der Waals surface area contributed by atoms with Gasteiger partial charge in [0.1, 0.15) is 0 Å². The van der Waals surface area contributed by atoms with E-state index in [9.17, 15) is 10.1 Å². The first-order valence-corrected chi connectivity index (χ1v) is 6.88. The van der Waals surface area contributed by atoms with Crippen LogP contribution in [0.1, 0.15) is 21.5 Å². The smallest absolute Gasteiger partial charge is 0.337 e. The van der Waals surface area contributed by atoms with Gasteiger partial charge in [-0.25, -0.2) is 4.79 Å². The third-order valence-electron chi connectivity index (χ3n) is 3.67. The lowest BCUT2D eigenvalue weighted by Gasteiger charge is -2.08. The SMILES string of the molecule is COC(=O)c1ccc2c(ccn2Cc2ccccc2C#N)c1. The second-order valence-electron chi connectivity index (χ2n) is 4.98. The topological polar surface area (TPSA) is 55.0 Å². The van der Waals surface area contributed by atoms with Gasteiger partial charge in [0.2, 0.25) is 0 Å². The van der Waals surface area contributed by atoms with Crippen LogP contribution in [0.3, 0.4) is 0 Å². The Morgan fingerprint density at radius 2 is 2.05 bits per heavy atom. The molecule has 0 atom stereocenters. The van der Waals surface area contributed by atoms with Crippen LogP contribution in [0.2, 0.25) is 0 Å². The number of aromatic nitrogens is 1. The number of hydrogen-bond donors (Lipinski definition) is 0. The fraction of sp³-hybridized carbons (Fsp3) is 0.111. The zero-order chi connectivity index (χ0) is 15.5. The van der Waals surface area contributed by atoms with E-state index in [2.05, 4.69) is 10.6 Å². The molecule has 3 aromatic rings. The molecule has 1 aromatic heterocycles. The van der Waals surface area contributed by atoms with Crippen molar-refractivity contribution in [2.45, 2.75) is 6.54 Å². The van der Waals surface area contributed by atoms with Gasteiger partial charge in [0, 0.05) is 23.6 Å². The predicted octanol–water partition coefficient (Wildman–Crippen LogP) is 3.35. The highest BCUT2D eigenvalue weighted by Gasteiger charge is 2.09. The molecule has 3 rings (SSSR count).